The van der Waals surface area contributed by atoms with Gasteiger partial charge in [0.2, 0.25) is 11.1 Å². The van der Waals surface area contributed by atoms with Gasteiger partial charge in [-0.3, -0.25) is 4.79 Å². The van der Waals surface area contributed by atoms with Crippen molar-refractivity contribution in [1.82, 2.24) is 24.9 Å². The van der Waals surface area contributed by atoms with Crippen molar-refractivity contribution >= 4 is 23.4 Å². The van der Waals surface area contributed by atoms with Crippen molar-refractivity contribution in [2.45, 2.75) is 38.8 Å². The number of carbonyl (C=O) groups is 1. The van der Waals surface area contributed by atoms with Crippen molar-refractivity contribution in [3.8, 4) is 5.75 Å². The molecule has 2 heterocycles. The average Bonchev–Trinajstić information content (AvgIpc) is 3.08. The number of rotatable bonds is 7. The van der Waals surface area contributed by atoms with Gasteiger partial charge >= 0.3 is 0 Å². The van der Waals surface area contributed by atoms with Gasteiger partial charge in [0.25, 0.3) is 5.78 Å². The highest BCUT2D eigenvalue weighted by molar-refractivity contribution is 7.98. The Bertz CT molecular complexity index is 1020. The molecule has 2 aromatic heterocycles. The van der Waals surface area contributed by atoms with Gasteiger partial charge in [-0.2, -0.15) is 4.98 Å². The number of nitrogens with one attached hydrogen (secondary N) is 1. The van der Waals surface area contributed by atoms with E-state index in [1.807, 2.05) is 39.2 Å². The number of aryl methyl sites for hydroxylation is 3. The van der Waals surface area contributed by atoms with Crippen LogP contribution in [0.5, 0.6) is 5.75 Å². The standard InChI is InChI=1S/C20H25N5O2S/c1-12-6-7-17(27-4)15(10-12)8-9-21-18(26)11-16-13(2)22-19-23-20(28-5)24-25(19)14(16)3/h6-7,10H,8-9,11H2,1-5H3,(H,21,26). The minimum Gasteiger partial charge on any atom is -0.496 e. The Labute approximate surface area is 168 Å². The molecule has 0 bridgehead atoms. The van der Waals surface area contributed by atoms with Crippen LogP contribution in [0.1, 0.15) is 28.1 Å². The number of ether oxygens (including phenoxy) is 1. The maximum Gasteiger partial charge on any atom is 0.253 e. The van der Waals surface area contributed by atoms with E-state index in [0.29, 0.717) is 23.9 Å². The molecule has 0 spiro atoms. The highest BCUT2D eigenvalue weighted by Gasteiger charge is 2.16. The maximum absolute atomic E-state index is 12.5. The van der Waals surface area contributed by atoms with Gasteiger partial charge in [0, 0.05) is 23.5 Å². The molecule has 0 unspecified atom stereocenters. The minimum atomic E-state index is -0.0378. The second kappa shape index (κ2) is 8.60. The quantitative estimate of drug-likeness (QED) is 0.615. The van der Waals surface area contributed by atoms with Gasteiger partial charge in [-0.15, -0.1) is 5.10 Å². The van der Waals surface area contributed by atoms with E-state index in [1.54, 1.807) is 11.6 Å². The van der Waals surface area contributed by atoms with Crippen molar-refractivity contribution in [3.05, 3.63) is 46.3 Å². The van der Waals surface area contributed by atoms with Gasteiger partial charge in [-0.05, 0) is 45.1 Å². The van der Waals surface area contributed by atoms with Crippen LogP contribution >= 0.6 is 11.8 Å². The van der Waals surface area contributed by atoms with Crippen molar-refractivity contribution in [3.63, 3.8) is 0 Å². The second-order valence-corrected chi connectivity index (χ2v) is 7.44. The number of carbonyl (C=O) groups excluding carboxylic acids is 1. The van der Waals surface area contributed by atoms with E-state index >= 15 is 0 Å². The molecule has 0 aliphatic heterocycles. The molecule has 148 valence electrons. The monoisotopic (exact) mass is 399 g/mol. The summed E-state index contributed by atoms with van der Waals surface area (Å²) in [6.45, 7) is 6.44. The molecule has 0 saturated carbocycles. The van der Waals surface area contributed by atoms with Crippen LogP contribution < -0.4 is 10.1 Å². The van der Waals surface area contributed by atoms with E-state index in [-0.39, 0.29) is 12.3 Å². The lowest BCUT2D eigenvalue weighted by molar-refractivity contribution is -0.120. The third kappa shape index (κ3) is 4.27. The molecule has 1 amide bonds. The first-order valence-electron chi connectivity index (χ1n) is 9.10. The van der Waals surface area contributed by atoms with Crippen molar-refractivity contribution < 1.29 is 9.53 Å². The first kappa shape index (κ1) is 20.1. The number of nitrogens with zero attached hydrogens (tertiary/aromatic N) is 4. The zero-order chi connectivity index (χ0) is 20.3. The Morgan fingerprint density at radius 2 is 2.04 bits per heavy atom. The Morgan fingerprint density at radius 1 is 1.25 bits per heavy atom. The van der Waals surface area contributed by atoms with E-state index in [9.17, 15) is 4.79 Å². The Balaban J connectivity index is 1.67. The van der Waals surface area contributed by atoms with Crippen LogP contribution in [0, 0.1) is 20.8 Å². The van der Waals surface area contributed by atoms with E-state index in [0.717, 1.165) is 28.3 Å². The minimum absolute atomic E-state index is 0.0378. The topological polar surface area (TPSA) is 81.4 Å². The number of methoxy groups -OCH3 is 1. The second-order valence-electron chi connectivity index (χ2n) is 6.66. The molecular formula is C20H25N5O2S. The van der Waals surface area contributed by atoms with Crippen molar-refractivity contribution in [2.75, 3.05) is 19.9 Å². The lowest BCUT2D eigenvalue weighted by Crippen LogP contribution is -2.28. The van der Waals surface area contributed by atoms with Gasteiger partial charge in [0.15, 0.2) is 0 Å². The third-order valence-electron chi connectivity index (χ3n) is 4.70. The summed E-state index contributed by atoms with van der Waals surface area (Å²) in [6, 6.07) is 6.06. The molecule has 0 radical (unpaired) electrons. The highest BCUT2D eigenvalue weighted by atomic mass is 32.2. The van der Waals surface area contributed by atoms with Crippen LogP contribution in [0.4, 0.5) is 0 Å². The van der Waals surface area contributed by atoms with Gasteiger partial charge in [-0.1, -0.05) is 29.5 Å². The zero-order valence-corrected chi connectivity index (χ0v) is 17.7. The summed E-state index contributed by atoms with van der Waals surface area (Å²) in [7, 11) is 1.66. The number of benzene rings is 1. The summed E-state index contributed by atoms with van der Waals surface area (Å²) in [4.78, 5) is 21.4. The SMILES string of the molecule is COc1ccc(C)cc1CCNC(=O)Cc1c(C)nc2nc(SC)nn2c1C. The largest absolute Gasteiger partial charge is 0.496 e. The molecule has 0 aliphatic carbocycles. The van der Waals surface area contributed by atoms with E-state index in [2.05, 4.69) is 26.4 Å². The van der Waals surface area contributed by atoms with E-state index < -0.39 is 0 Å². The molecule has 7 nitrogen and oxygen atoms in total. The Kier molecular flexibility index (Phi) is 6.18. The van der Waals surface area contributed by atoms with Gasteiger partial charge in [-0.25, -0.2) is 9.50 Å². The van der Waals surface area contributed by atoms with Gasteiger partial charge < -0.3 is 10.1 Å². The Morgan fingerprint density at radius 3 is 2.75 bits per heavy atom. The zero-order valence-electron chi connectivity index (χ0n) is 16.9. The maximum atomic E-state index is 12.5. The molecule has 28 heavy (non-hydrogen) atoms. The summed E-state index contributed by atoms with van der Waals surface area (Å²) in [5, 5.41) is 8.10. The summed E-state index contributed by atoms with van der Waals surface area (Å²) in [6.07, 6.45) is 2.90. The third-order valence-corrected chi connectivity index (χ3v) is 5.24. The van der Waals surface area contributed by atoms with Crippen LogP contribution in [0.2, 0.25) is 0 Å². The van der Waals surface area contributed by atoms with Crippen LogP contribution in [-0.2, 0) is 17.6 Å². The molecule has 0 aliphatic rings. The number of aromatic nitrogens is 4. The molecule has 0 saturated heterocycles. The normalized spacial score (nSPS) is 11.0. The number of fused-ring (bicyclic) bond motifs is 1. The number of thioether (sulfide) groups is 1. The fourth-order valence-electron chi connectivity index (χ4n) is 3.19. The van der Waals surface area contributed by atoms with E-state index in [4.69, 9.17) is 4.74 Å². The molecule has 0 fully saturated rings. The molecule has 3 rings (SSSR count). The summed E-state index contributed by atoms with van der Waals surface area (Å²) in [5.41, 5.74) is 4.85. The number of hydrogen-bond donors (Lipinski definition) is 1. The number of hydrogen-bond acceptors (Lipinski definition) is 6. The predicted molar refractivity (Wildman–Crippen MR) is 110 cm³/mol. The summed E-state index contributed by atoms with van der Waals surface area (Å²) in [5.74, 6) is 1.37. The fourth-order valence-corrected chi connectivity index (χ4v) is 3.53. The fraction of sp³-hybridized carbons (Fsp3) is 0.400. The lowest BCUT2D eigenvalue weighted by atomic mass is 10.1. The summed E-state index contributed by atoms with van der Waals surface area (Å²) >= 11 is 1.47. The first-order chi connectivity index (χ1) is 13.4. The van der Waals surface area contributed by atoms with E-state index in [1.165, 1.54) is 17.3 Å². The van der Waals surface area contributed by atoms with Crippen molar-refractivity contribution in [1.29, 1.82) is 0 Å². The molecule has 8 heteroatoms. The van der Waals surface area contributed by atoms with Crippen LogP contribution in [0.15, 0.2) is 23.4 Å². The summed E-state index contributed by atoms with van der Waals surface area (Å²) < 4.78 is 7.11. The molecule has 1 N–H and O–H groups in total. The first-order valence-corrected chi connectivity index (χ1v) is 10.3. The van der Waals surface area contributed by atoms with Crippen LogP contribution in [-0.4, -0.2) is 45.4 Å². The predicted octanol–water partition coefficient (Wildman–Crippen LogP) is 2.68. The molecule has 3 aromatic rings. The highest BCUT2D eigenvalue weighted by Crippen LogP contribution is 2.20. The average molecular weight is 400 g/mol. The number of amides is 1. The van der Waals surface area contributed by atoms with Crippen LogP contribution in [0.3, 0.4) is 0 Å². The lowest BCUT2D eigenvalue weighted by Gasteiger charge is -2.12. The molecular weight excluding hydrogens is 374 g/mol. The molecule has 1 aromatic carbocycles. The smallest absolute Gasteiger partial charge is 0.253 e. The van der Waals surface area contributed by atoms with Crippen molar-refractivity contribution in [2.24, 2.45) is 0 Å². The van der Waals surface area contributed by atoms with Crippen LogP contribution in [0.25, 0.3) is 5.78 Å². The van der Waals surface area contributed by atoms with Gasteiger partial charge in [0.05, 0.1) is 13.5 Å². The van der Waals surface area contributed by atoms with Gasteiger partial charge in [0.1, 0.15) is 5.75 Å². The molecule has 0 atom stereocenters. The Hall–Kier alpha value is -2.61.